The van der Waals surface area contributed by atoms with Gasteiger partial charge in [-0.3, -0.25) is 4.98 Å². The van der Waals surface area contributed by atoms with E-state index in [2.05, 4.69) is 10.3 Å². The number of alkyl halides is 3. The average molecular weight is 296 g/mol. The lowest BCUT2D eigenvalue weighted by atomic mass is 10.1. The fourth-order valence-corrected chi connectivity index (χ4v) is 2.00. The molecular weight excluding hydrogens is 281 g/mol. The van der Waals surface area contributed by atoms with E-state index in [0.717, 1.165) is 6.07 Å². The molecule has 0 saturated carbocycles. The van der Waals surface area contributed by atoms with E-state index in [1.807, 2.05) is 0 Å². The van der Waals surface area contributed by atoms with Crippen molar-refractivity contribution in [2.45, 2.75) is 18.8 Å². The van der Waals surface area contributed by atoms with Gasteiger partial charge in [0.15, 0.2) is 0 Å². The van der Waals surface area contributed by atoms with Gasteiger partial charge in [0.1, 0.15) is 0 Å². The number of aromatic nitrogens is 1. The predicted octanol–water partition coefficient (Wildman–Crippen LogP) is 2.92. The van der Waals surface area contributed by atoms with Crippen molar-refractivity contribution < 1.29 is 18.3 Å². The largest absolute Gasteiger partial charge is 0.416 e. The fourth-order valence-electron chi connectivity index (χ4n) is 2.00. The first-order valence-corrected chi connectivity index (χ1v) is 6.42. The van der Waals surface area contributed by atoms with Gasteiger partial charge in [0.05, 0.1) is 11.7 Å². The molecule has 0 aliphatic heterocycles. The van der Waals surface area contributed by atoms with E-state index in [-0.39, 0.29) is 18.7 Å². The second-order valence-corrected chi connectivity index (χ2v) is 4.58. The molecule has 1 aromatic carbocycles. The van der Waals surface area contributed by atoms with Crippen LogP contribution >= 0.6 is 0 Å². The van der Waals surface area contributed by atoms with Crippen LogP contribution in [0.3, 0.4) is 0 Å². The molecule has 0 fully saturated rings. The lowest BCUT2D eigenvalue weighted by Crippen LogP contribution is -2.22. The Labute approximate surface area is 120 Å². The zero-order chi connectivity index (χ0) is 15.3. The van der Waals surface area contributed by atoms with Crippen molar-refractivity contribution in [3.8, 4) is 0 Å². The summed E-state index contributed by atoms with van der Waals surface area (Å²) >= 11 is 0. The van der Waals surface area contributed by atoms with Crippen molar-refractivity contribution in [3.05, 3.63) is 65.5 Å². The number of benzene rings is 1. The van der Waals surface area contributed by atoms with Crippen LogP contribution in [-0.4, -0.2) is 16.6 Å². The molecule has 0 saturated heterocycles. The van der Waals surface area contributed by atoms with Crippen LogP contribution in [0.1, 0.15) is 22.8 Å². The molecule has 21 heavy (non-hydrogen) atoms. The van der Waals surface area contributed by atoms with E-state index in [4.69, 9.17) is 0 Å². The Morgan fingerprint density at radius 2 is 1.76 bits per heavy atom. The van der Waals surface area contributed by atoms with Crippen LogP contribution in [0.5, 0.6) is 0 Å². The van der Waals surface area contributed by atoms with Crippen LogP contribution in [0, 0.1) is 0 Å². The Morgan fingerprint density at radius 1 is 1.10 bits per heavy atom. The van der Waals surface area contributed by atoms with E-state index in [0.29, 0.717) is 5.56 Å². The fraction of sp³-hybridized carbons (Fsp3) is 0.267. The van der Waals surface area contributed by atoms with E-state index >= 15 is 0 Å². The monoisotopic (exact) mass is 296 g/mol. The maximum Gasteiger partial charge on any atom is 0.416 e. The van der Waals surface area contributed by atoms with Crippen molar-refractivity contribution in [2.75, 3.05) is 6.54 Å². The normalized spacial score (nSPS) is 13.1. The Balaban J connectivity index is 1.95. The molecule has 0 radical (unpaired) electrons. The summed E-state index contributed by atoms with van der Waals surface area (Å²) in [5.74, 6) is 0. The van der Waals surface area contributed by atoms with E-state index in [1.54, 1.807) is 30.6 Å². The van der Waals surface area contributed by atoms with Crippen molar-refractivity contribution in [1.29, 1.82) is 0 Å². The number of aliphatic hydroxyl groups is 1. The van der Waals surface area contributed by atoms with Gasteiger partial charge in [-0.2, -0.15) is 13.2 Å². The zero-order valence-electron chi connectivity index (χ0n) is 11.1. The standard InChI is InChI=1S/C15H15F3N2O/c16-15(17,18)13-4-2-1-3-12(13)9-20-10-14(21)11-5-7-19-8-6-11/h1-8,14,20-21H,9-10H2. The molecule has 0 amide bonds. The van der Waals surface area contributed by atoms with Gasteiger partial charge in [-0.15, -0.1) is 0 Å². The molecule has 2 rings (SSSR count). The first-order valence-electron chi connectivity index (χ1n) is 6.42. The number of aliphatic hydroxyl groups excluding tert-OH is 1. The predicted molar refractivity (Wildman–Crippen MR) is 72.3 cm³/mol. The van der Waals surface area contributed by atoms with Crippen molar-refractivity contribution >= 4 is 0 Å². The molecule has 6 heteroatoms. The second-order valence-electron chi connectivity index (χ2n) is 4.58. The minimum Gasteiger partial charge on any atom is -0.387 e. The molecule has 0 aliphatic rings. The Bertz CT molecular complexity index is 573. The van der Waals surface area contributed by atoms with Gasteiger partial charge in [-0.25, -0.2) is 0 Å². The van der Waals surface area contributed by atoms with Gasteiger partial charge in [0.2, 0.25) is 0 Å². The number of nitrogens with one attached hydrogen (secondary N) is 1. The molecule has 0 aliphatic carbocycles. The molecule has 2 aromatic rings. The first-order chi connectivity index (χ1) is 9.98. The summed E-state index contributed by atoms with van der Waals surface area (Å²) in [4.78, 5) is 3.84. The van der Waals surface area contributed by atoms with Crippen LogP contribution in [-0.2, 0) is 12.7 Å². The molecule has 1 heterocycles. The summed E-state index contributed by atoms with van der Waals surface area (Å²) in [6, 6.07) is 8.72. The van der Waals surface area contributed by atoms with Gasteiger partial charge in [0.25, 0.3) is 0 Å². The third kappa shape index (κ3) is 4.27. The summed E-state index contributed by atoms with van der Waals surface area (Å²) < 4.78 is 38.4. The summed E-state index contributed by atoms with van der Waals surface area (Å²) in [5, 5.41) is 12.8. The maximum absolute atomic E-state index is 12.8. The Kier molecular flexibility index (Phi) is 4.93. The maximum atomic E-state index is 12.8. The van der Waals surface area contributed by atoms with Crippen LogP contribution in [0.15, 0.2) is 48.8 Å². The summed E-state index contributed by atoms with van der Waals surface area (Å²) in [6.07, 6.45) is -2.05. The van der Waals surface area contributed by atoms with Crippen molar-refractivity contribution in [1.82, 2.24) is 10.3 Å². The van der Waals surface area contributed by atoms with Gasteiger partial charge >= 0.3 is 6.18 Å². The molecule has 3 nitrogen and oxygen atoms in total. The van der Waals surface area contributed by atoms with Crippen LogP contribution in [0.25, 0.3) is 0 Å². The highest BCUT2D eigenvalue weighted by Crippen LogP contribution is 2.31. The molecule has 2 N–H and O–H groups in total. The number of nitrogens with zero attached hydrogens (tertiary/aromatic N) is 1. The molecule has 1 atom stereocenters. The molecule has 0 spiro atoms. The number of rotatable bonds is 5. The Hall–Kier alpha value is -1.92. The minimum absolute atomic E-state index is 0.0395. The third-order valence-corrected chi connectivity index (χ3v) is 3.07. The number of hydrogen-bond acceptors (Lipinski definition) is 3. The average Bonchev–Trinajstić information content (AvgIpc) is 2.47. The lowest BCUT2D eigenvalue weighted by Gasteiger charge is -2.15. The molecular formula is C15H15F3N2O. The highest BCUT2D eigenvalue weighted by Gasteiger charge is 2.32. The molecule has 1 unspecified atom stereocenters. The smallest absolute Gasteiger partial charge is 0.387 e. The first kappa shape index (κ1) is 15.5. The second kappa shape index (κ2) is 6.69. The van der Waals surface area contributed by atoms with Crippen LogP contribution in [0.4, 0.5) is 13.2 Å². The van der Waals surface area contributed by atoms with Crippen molar-refractivity contribution in [3.63, 3.8) is 0 Å². The minimum atomic E-state index is -4.37. The Morgan fingerprint density at radius 3 is 2.43 bits per heavy atom. The highest BCUT2D eigenvalue weighted by atomic mass is 19.4. The van der Waals surface area contributed by atoms with Gasteiger partial charge in [-0.05, 0) is 29.3 Å². The van der Waals surface area contributed by atoms with Gasteiger partial charge < -0.3 is 10.4 Å². The van der Waals surface area contributed by atoms with E-state index < -0.39 is 17.8 Å². The highest BCUT2D eigenvalue weighted by molar-refractivity contribution is 5.29. The SMILES string of the molecule is OC(CNCc1ccccc1C(F)(F)F)c1ccncc1. The van der Waals surface area contributed by atoms with Gasteiger partial charge in [-0.1, -0.05) is 18.2 Å². The zero-order valence-corrected chi connectivity index (χ0v) is 11.1. The quantitative estimate of drug-likeness (QED) is 0.891. The summed E-state index contributed by atoms with van der Waals surface area (Å²) in [6.45, 7) is 0.202. The van der Waals surface area contributed by atoms with Crippen LogP contribution in [0.2, 0.25) is 0 Å². The van der Waals surface area contributed by atoms with Crippen molar-refractivity contribution in [2.24, 2.45) is 0 Å². The number of halogens is 3. The van der Waals surface area contributed by atoms with E-state index in [9.17, 15) is 18.3 Å². The lowest BCUT2D eigenvalue weighted by molar-refractivity contribution is -0.138. The van der Waals surface area contributed by atoms with E-state index in [1.165, 1.54) is 12.1 Å². The molecule has 0 bridgehead atoms. The molecule has 112 valence electrons. The summed E-state index contributed by atoms with van der Waals surface area (Å²) in [5.41, 5.74) is 0.171. The third-order valence-electron chi connectivity index (χ3n) is 3.07. The molecule has 1 aromatic heterocycles. The van der Waals surface area contributed by atoms with Crippen LogP contribution < -0.4 is 5.32 Å². The summed E-state index contributed by atoms with van der Waals surface area (Å²) in [7, 11) is 0. The number of hydrogen-bond donors (Lipinski definition) is 2. The van der Waals surface area contributed by atoms with Gasteiger partial charge in [0, 0.05) is 25.5 Å². The number of pyridine rings is 1. The topological polar surface area (TPSA) is 45.1 Å².